The zero-order chi connectivity index (χ0) is 23.6. The van der Waals surface area contributed by atoms with Crippen LogP contribution in [0.2, 0.25) is 0 Å². The number of anilines is 1. The highest BCUT2D eigenvalue weighted by molar-refractivity contribution is 7.89. The van der Waals surface area contributed by atoms with Crippen LogP contribution in [0.1, 0.15) is 40.7 Å². The number of sulfonamides is 1. The fraction of sp³-hybridized carbons (Fsp3) is 0.417. The summed E-state index contributed by atoms with van der Waals surface area (Å²) >= 11 is 0. The van der Waals surface area contributed by atoms with E-state index in [0.29, 0.717) is 41.1 Å². The normalized spacial score (nSPS) is 16.7. The number of rotatable bonds is 5. The van der Waals surface area contributed by atoms with Crippen molar-refractivity contribution in [2.45, 2.75) is 58.4 Å². The molecular weight excluding hydrogens is 426 g/mol. The zero-order valence-electron chi connectivity index (χ0n) is 19.3. The highest BCUT2D eigenvalue weighted by Gasteiger charge is 2.37. The third-order valence-corrected chi connectivity index (χ3v) is 8.09. The molecule has 1 fully saturated rings. The first-order valence-corrected chi connectivity index (χ1v) is 12.2. The van der Waals surface area contributed by atoms with Crippen molar-refractivity contribution in [2.75, 3.05) is 18.4 Å². The maximum Gasteiger partial charge on any atom is 0.313 e. The molecule has 2 aromatic rings. The minimum absolute atomic E-state index is 0.0856. The summed E-state index contributed by atoms with van der Waals surface area (Å²) in [6.45, 7) is 9.83. The van der Waals surface area contributed by atoms with Crippen molar-refractivity contribution >= 4 is 27.5 Å². The smallest absolute Gasteiger partial charge is 0.313 e. The summed E-state index contributed by atoms with van der Waals surface area (Å²) in [5, 5.41) is 5.23. The number of carbonyl (C=O) groups excluding carboxylic acids is 2. The van der Waals surface area contributed by atoms with Crippen molar-refractivity contribution in [2.24, 2.45) is 0 Å². The highest BCUT2D eigenvalue weighted by atomic mass is 32.2. The van der Waals surface area contributed by atoms with Crippen LogP contribution in [0.25, 0.3) is 0 Å². The lowest BCUT2D eigenvalue weighted by atomic mass is 10.1. The van der Waals surface area contributed by atoms with Gasteiger partial charge in [-0.25, -0.2) is 8.42 Å². The molecule has 0 aromatic heterocycles. The van der Waals surface area contributed by atoms with E-state index in [1.165, 1.54) is 4.31 Å². The summed E-state index contributed by atoms with van der Waals surface area (Å²) in [5.41, 5.74) is 4.94. The molecule has 7 nitrogen and oxygen atoms in total. The Morgan fingerprint density at radius 2 is 1.56 bits per heavy atom. The number of benzene rings is 2. The van der Waals surface area contributed by atoms with Gasteiger partial charge in [0.25, 0.3) is 0 Å². The molecule has 32 heavy (non-hydrogen) atoms. The van der Waals surface area contributed by atoms with Gasteiger partial charge in [0, 0.05) is 24.8 Å². The van der Waals surface area contributed by atoms with E-state index < -0.39 is 27.9 Å². The third-order valence-electron chi connectivity index (χ3n) is 5.83. The summed E-state index contributed by atoms with van der Waals surface area (Å²) in [6, 6.07) is 8.88. The second kappa shape index (κ2) is 9.42. The molecule has 1 heterocycles. The molecule has 1 aliphatic heterocycles. The Bertz CT molecular complexity index is 1130. The van der Waals surface area contributed by atoms with Crippen molar-refractivity contribution in [3.05, 3.63) is 58.1 Å². The van der Waals surface area contributed by atoms with E-state index >= 15 is 0 Å². The van der Waals surface area contributed by atoms with Gasteiger partial charge in [0.2, 0.25) is 10.0 Å². The monoisotopic (exact) mass is 457 g/mol. The standard InChI is InChI=1S/C24H31N3O4S/c1-15-8-9-21(17(3)11-15)26-24(29)23(28)25-14-20-7-6-10-27(20)32(30,31)22-18(4)12-16(2)13-19(22)5/h8-9,11-13,20H,6-7,10,14H2,1-5H3,(H,25,28)(H,26,29)/t20-/m0/s1. The number of carbonyl (C=O) groups is 2. The van der Waals surface area contributed by atoms with Crippen molar-refractivity contribution < 1.29 is 18.0 Å². The maximum absolute atomic E-state index is 13.4. The van der Waals surface area contributed by atoms with E-state index in [2.05, 4.69) is 10.6 Å². The minimum atomic E-state index is -3.71. The number of hydrogen-bond donors (Lipinski definition) is 2. The Hall–Kier alpha value is -2.71. The quantitative estimate of drug-likeness (QED) is 0.675. The van der Waals surface area contributed by atoms with Crippen molar-refractivity contribution in [3.63, 3.8) is 0 Å². The summed E-state index contributed by atoms with van der Waals surface area (Å²) in [7, 11) is -3.71. The average molecular weight is 458 g/mol. The summed E-state index contributed by atoms with van der Waals surface area (Å²) < 4.78 is 28.3. The van der Waals surface area contributed by atoms with Gasteiger partial charge in [-0.3, -0.25) is 9.59 Å². The molecule has 0 aliphatic carbocycles. The Kier molecular flexibility index (Phi) is 7.05. The van der Waals surface area contributed by atoms with E-state index in [4.69, 9.17) is 0 Å². The predicted molar refractivity (Wildman–Crippen MR) is 125 cm³/mol. The second-order valence-electron chi connectivity index (χ2n) is 8.62. The number of nitrogens with one attached hydrogen (secondary N) is 2. The van der Waals surface area contributed by atoms with Crippen LogP contribution in [-0.4, -0.2) is 43.7 Å². The third kappa shape index (κ3) is 5.02. The van der Waals surface area contributed by atoms with Gasteiger partial charge in [0.15, 0.2) is 0 Å². The molecule has 0 radical (unpaired) electrons. The molecule has 0 spiro atoms. The average Bonchev–Trinajstić information content (AvgIpc) is 3.16. The molecular formula is C24H31N3O4S. The lowest BCUT2D eigenvalue weighted by molar-refractivity contribution is -0.136. The van der Waals surface area contributed by atoms with Crippen molar-refractivity contribution in [1.29, 1.82) is 0 Å². The first-order valence-electron chi connectivity index (χ1n) is 10.8. The molecule has 1 saturated heterocycles. The Morgan fingerprint density at radius 1 is 0.938 bits per heavy atom. The van der Waals surface area contributed by atoms with Gasteiger partial charge in [-0.15, -0.1) is 0 Å². The molecule has 172 valence electrons. The number of nitrogens with zero attached hydrogens (tertiary/aromatic N) is 1. The number of amides is 2. The van der Waals surface area contributed by atoms with Gasteiger partial charge < -0.3 is 10.6 Å². The largest absolute Gasteiger partial charge is 0.346 e. The fourth-order valence-corrected chi connectivity index (χ4v) is 6.55. The highest BCUT2D eigenvalue weighted by Crippen LogP contribution is 2.30. The molecule has 3 rings (SSSR count). The van der Waals surface area contributed by atoms with Gasteiger partial charge in [-0.2, -0.15) is 4.31 Å². The summed E-state index contributed by atoms with van der Waals surface area (Å²) in [6.07, 6.45) is 1.33. The van der Waals surface area contributed by atoms with Crippen LogP contribution < -0.4 is 10.6 Å². The van der Waals surface area contributed by atoms with Crippen LogP contribution in [0.15, 0.2) is 35.2 Å². The number of aryl methyl sites for hydroxylation is 5. The lowest BCUT2D eigenvalue weighted by Crippen LogP contribution is -2.45. The van der Waals surface area contributed by atoms with Crippen LogP contribution in [0, 0.1) is 34.6 Å². The first-order chi connectivity index (χ1) is 15.0. The van der Waals surface area contributed by atoms with E-state index in [-0.39, 0.29) is 6.54 Å². The molecule has 2 aromatic carbocycles. The second-order valence-corrected chi connectivity index (χ2v) is 10.4. The molecule has 2 amide bonds. The molecule has 0 saturated carbocycles. The van der Waals surface area contributed by atoms with Crippen LogP contribution in [-0.2, 0) is 19.6 Å². The maximum atomic E-state index is 13.4. The summed E-state index contributed by atoms with van der Waals surface area (Å²) in [5.74, 6) is -1.55. The van der Waals surface area contributed by atoms with Gasteiger partial charge in [0.05, 0.1) is 4.90 Å². The van der Waals surface area contributed by atoms with E-state index in [1.807, 2.05) is 45.0 Å². The van der Waals surface area contributed by atoms with Crippen molar-refractivity contribution in [1.82, 2.24) is 9.62 Å². The zero-order valence-corrected chi connectivity index (χ0v) is 20.1. The molecule has 0 unspecified atom stereocenters. The van der Waals surface area contributed by atoms with Gasteiger partial charge in [-0.1, -0.05) is 35.4 Å². The lowest BCUT2D eigenvalue weighted by Gasteiger charge is -2.26. The van der Waals surface area contributed by atoms with Crippen LogP contribution in [0.3, 0.4) is 0 Å². The van der Waals surface area contributed by atoms with Crippen LogP contribution in [0.4, 0.5) is 5.69 Å². The SMILES string of the molecule is Cc1ccc(NC(=O)C(=O)NC[C@@H]2CCCN2S(=O)(=O)c2c(C)cc(C)cc2C)c(C)c1. The van der Waals surface area contributed by atoms with E-state index in [9.17, 15) is 18.0 Å². The Balaban J connectivity index is 1.68. The topological polar surface area (TPSA) is 95.6 Å². The Morgan fingerprint density at radius 3 is 2.19 bits per heavy atom. The predicted octanol–water partition coefficient (Wildman–Crippen LogP) is 3.14. The fourth-order valence-electron chi connectivity index (χ4n) is 4.44. The van der Waals surface area contributed by atoms with Gasteiger partial charge in [-0.05, 0) is 70.2 Å². The summed E-state index contributed by atoms with van der Waals surface area (Å²) in [4.78, 5) is 25.0. The molecule has 0 bridgehead atoms. The molecule has 2 N–H and O–H groups in total. The van der Waals surface area contributed by atoms with E-state index in [0.717, 1.165) is 16.7 Å². The first kappa shape index (κ1) is 23.9. The van der Waals surface area contributed by atoms with E-state index in [1.54, 1.807) is 19.9 Å². The van der Waals surface area contributed by atoms with Crippen LogP contribution in [0.5, 0.6) is 0 Å². The van der Waals surface area contributed by atoms with Crippen LogP contribution >= 0.6 is 0 Å². The van der Waals surface area contributed by atoms with Crippen molar-refractivity contribution in [3.8, 4) is 0 Å². The number of hydrogen-bond acceptors (Lipinski definition) is 4. The Labute approximate surface area is 190 Å². The molecule has 1 aliphatic rings. The molecule has 1 atom stereocenters. The minimum Gasteiger partial charge on any atom is -0.346 e. The van der Waals surface area contributed by atoms with Gasteiger partial charge >= 0.3 is 11.8 Å². The van der Waals surface area contributed by atoms with Gasteiger partial charge in [0.1, 0.15) is 0 Å². The molecule has 8 heteroatoms.